The summed E-state index contributed by atoms with van der Waals surface area (Å²) in [6, 6.07) is 6.83. The maximum absolute atomic E-state index is 11.8. The smallest absolute Gasteiger partial charge is 0.309 e. The molecule has 2 amide bonds. The number of ether oxygens (including phenoxy) is 2. The maximum Gasteiger partial charge on any atom is 0.309 e. The van der Waals surface area contributed by atoms with Crippen molar-refractivity contribution in [2.45, 2.75) is 12.6 Å². The first-order chi connectivity index (χ1) is 11.6. The molecule has 8 heteroatoms. The fraction of sp³-hybridized carbons (Fsp3) is 0.250. The van der Waals surface area contributed by atoms with Gasteiger partial charge in [-0.2, -0.15) is 0 Å². The van der Waals surface area contributed by atoms with Gasteiger partial charge in [-0.15, -0.1) is 0 Å². The lowest BCUT2D eigenvalue weighted by atomic mass is 10.2. The zero-order valence-corrected chi connectivity index (χ0v) is 12.7. The number of hydrogen-bond acceptors (Lipinski definition) is 6. The van der Waals surface area contributed by atoms with Crippen molar-refractivity contribution in [1.82, 2.24) is 10.6 Å². The van der Waals surface area contributed by atoms with Gasteiger partial charge < -0.3 is 29.6 Å². The van der Waals surface area contributed by atoms with Crippen LogP contribution in [-0.2, 0) is 16.1 Å². The molecular formula is C16H16N2O6. The molecule has 1 atom stereocenters. The highest BCUT2D eigenvalue weighted by atomic mass is 16.7. The highest BCUT2D eigenvalue weighted by Gasteiger charge is 2.17. The van der Waals surface area contributed by atoms with E-state index in [9.17, 15) is 14.7 Å². The molecule has 8 nitrogen and oxygen atoms in total. The molecule has 0 saturated carbocycles. The SMILES string of the molecule is O=C(NCc1ccc2c(c1)OCO2)C(=O)NCC(O)c1ccoc1. The van der Waals surface area contributed by atoms with E-state index in [0.717, 1.165) is 5.56 Å². The molecule has 0 bridgehead atoms. The Morgan fingerprint density at radius 1 is 1.12 bits per heavy atom. The van der Waals surface area contributed by atoms with Crippen LogP contribution in [0.4, 0.5) is 0 Å². The summed E-state index contributed by atoms with van der Waals surface area (Å²) >= 11 is 0. The maximum atomic E-state index is 11.8. The van der Waals surface area contributed by atoms with E-state index in [2.05, 4.69) is 10.6 Å². The molecule has 0 aliphatic carbocycles. The highest BCUT2D eigenvalue weighted by Crippen LogP contribution is 2.32. The van der Waals surface area contributed by atoms with Crippen LogP contribution in [0.5, 0.6) is 11.5 Å². The van der Waals surface area contributed by atoms with Gasteiger partial charge in [-0.1, -0.05) is 6.07 Å². The van der Waals surface area contributed by atoms with Crippen molar-refractivity contribution in [3.05, 3.63) is 47.9 Å². The molecule has 3 rings (SSSR count). The van der Waals surface area contributed by atoms with Crippen molar-refractivity contribution in [2.24, 2.45) is 0 Å². The van der Waals surface area contributed by atoms with Gasteiger partial charge in [0.1, 0.15) is 0 Å². The second-order valence-electron chi connectivity index (χ2n) is 5.15. The first-order valence-electron chi connectivity index (χ1n) is 7.28. The summed E-state index contributed by atoms with van der Waals surface area (Å²) in [5, 5.41) is 14.7. The number of fused-ring (bicyclic) bond motifs is 1. The van der Waals surface area contributed by atoms with Crippen LogP contribution in [0.1, 0.15) is 17.2 Å². The van der Waals surface area contributed by atoms with Crippen LogP contribution in [-0.4, -0.2) is 30.3 Å². The van der Waals surface area contributed by atoms with Crippen LogP contribution in [0.25, 0.3) is 0 Å². The molecule has 24 heavy (non-hydrogen) atoms. The highest BCUT2D eigenvalue weighted by molar-refractivity contribution is 6.35. The van der Waals surface area contributed by atoms with Crippen molar-refractivity contribution in [2.75, 3.05) is 13.3 Å². The summed E-state index contributed by atoms with van der Waals surface area (Å²) in [6.07, 6.45) is 1.85. The fourth-order valence-corrected chi connectivity index (χ4v) is 2.17. The minimum Gasteiger partial charge on any atom is -0.472 e. The monoisotopic (exact) mass is 332 g/mol. The Morgan fingerprint density at radius 3 is 2.71 bits per heavy atom. The molecule has 1 unspecified atom stereocenters. The van der Waals surface area contributed by atoms with Gasteiger partial charge in [0.05, 0.1) is 18.6 Å². The second-order valence-corrected chi connectivity index (χ2v) is 5.15. The van der Waals surface area contributed by atoms with E-state index in [0.29, 0.717) is 17.1 Å². The number of aliphatic hydroxyl groups is 1. The number of nitrogens with one attached hydrogen (secondary N) is 2. The molecule has 2 heterocycles. The standard InChI is InChI=1S/C16H16N2O6/c19-12(11-3-4-22-8-11)7-18-16(21)15(20)17-6-10-1-2-13-14(5-10)24-9-23-13/h1-5,8,12,19H,6-7,9H2,(H,17,20)(H,18,21). The summed E-state index contributed by atoms with van der Waals surface area (Å²) in [7, 11) is 0. The molecule has 0 fully saturated rings. The number of hydrogen-bond donors (Lipinski definition) is 3. The Labute approximate surface area is 137 Å². The zero-order valence-electron chi connectivity index (χ0n) is 12.7. The number of rotatable bonds is 5. The first-order valence-corrected chi connectivity index (χ1v) is 7.28. The van der Waals surface area contributed by atoms with E-state index < -0.39 is 17.9 Å². The second kappa shape index (κ2) is 7.05. The average Bonchev–Trinajstić information content (AvgIpc) is 3.27. The molecule has 2 aromatic rings. The van der Waals surface area contributed by atoms with Gasteiger partial charge in [-0.25, -0.2) is 0 Å². The van der Waals surface area contributed by atoms with Crippen LogP contribution in [0.3, 0.4) is 0 Å². The molecular weight excluding hydrogens is 316 g/mol. The Morgan fingerprint density at radius 2 is 1.92 bits per heavy atom. The van der Waals surface area contributed by atoms with Crippen LogP contribution < -0.4 is 20.1 Å². The number of carbonyl (C=O) groups excluding carboxylic acids is 2. The predicted octanol–water partition coefficient (Wildman–Crippen LogP) is 0.474. The van der Waals surface area contributed by atoms with E-state index in [1.807, 2.05) is 0 Å². The van der Waals surface area contributed by atoms with Crippen LogP contribution in [0.15, 0.2) is 41.2 Å². The molecule has 0 spiro atoms. The normalized spacial score (nSPS) is 13.4. The minimum atomic E-state index is -0.936. The average molecular weight is 332 g/mol. The van der Waals surface area contributed by atoms with Gasteiger partial charge in [0.2, 0.25) is 6.79 Å². The van der Waals surface area contributed by atoms with Gasteiger partial charge in [0.25, 0.3) is 0 Å². The van der Waals surface area contributed by atoms with Gasteiger partial charge in [-0.05, 0) is 23.8 Å². The Balaban J connectivity index is 1.45. The van der Waals surface area contributed by atoms with Crippen LogP contribution >= 0.6 is 0 Å². The fourth-order valence-electron chi connectivity index (χ4n) is 2.17. The molecule has 1 aromatic heterocycles. The summed E-state index contributed by atoms with van der Waals surface area (Å²) in [6.45, 7) is 0.259. The lowest BCUT2D eigenvalue weighted by molar-refractivity contribution is -0.139. The van der Waals surface area contributed by atoms with Crippen LogP contribution in [0, 0.1) is 0 Å². The molecule has 1 aromatic carbocycles. The van der Waals surface area contributed by atoms with Crippen molar-refractivity contribution >= 4 is 11.8 Å². The third kappa shape index (κ3) is 3.66. The molecule has 1 aliphatic rings. The Hall–Kier alpha value is -3.00. The molecule has 126 valence electrons. The number of benzene rings is 1. The van der Waals surface area contributed by atoms with E-state index >= 15 is 0 Å². The zero-order chi connectivity index (χ0) is 16.9. The van der Waals surface area contributed by atoms with Gasteiger partial charge in [0, 0.05) is 18.7 Å². The molecule has 0 saturated heterocycles. The predicted molar refractivity (Wildman–Crippen MR) is 81.1 cm³/mol. The largest absolute Gasteiger partial charge is 0.472 e. The summed E-state index contributed by atoms with van der Waals surface area (Å²) < 4.78 is 15.3. The summed E-state index contributed by atoms with van der Waals surface area (Å²) in [5.41, 5.74) is 1.30. The summed E-state index contributed by atoms with van der Waals surface area (Å²) in [4.78, 5) is 23.5. The van der Waals surface area contributed by atoms with E-state index in [-0.39, 0.29) is 19.9 Å². The molecule has 1 aliphatic heterocycles. The number of carbonyl (C=O) groups is 2. The third-order valence-electron chi connectivity index (χ3n) is 3.48. The molecule has 0 radical (unpaired) electrons. The van der Waals surface area contributed by atoms with Crippen molar-refractivity contribution in [3.8, 4) is 11.5 Å². The summed E-state index contributed by atoms with van der Waals surface area (Å²) in [5.74, 6) is -0.351. The van der Waals surface area contributed by atoms with Gasteiger partial charge in [-0.3, -0.25) is 9.59 Å². The van der Waals surface area contributed by atoms with E-state index in [4.69, 9.17) is 13.9 Å². The minimum absolute atomic E-state index is 0.0875. The topological polar surface area (TPSA) is 110 Å². The third-order valence-corrected chi connectivity index (χ3v) is 3.48. The lowest BCUT2D eigenvalue weighted by Gasteiger charge is -2.10. The van der Waals surface area contributed by atoms with E-state index in [1.165, 1.54) is 12.5 Å². The van der Waals surface area contributed by atoms with E-state index in [1.54, 1.807) is 24.3 Å². The van der Waals surface area contributed by atoms with Crippen molar-refractivity contribution in [3.63, 3.8) is 0 Å². The number of aliphatic hydroxyl groups excluding tert-OH is 1. The number of amides is 2. The van der Waals surface area contributed by atoms with Gasteiger partial charge >= 0.3 is 11.8 Å². The Bertz CT molecular complexity index is 728. The van der Waals surface area contributed by atoms with Crippen molar-refractivity contribution < 1.29 is 28.6 Å². The lowest BCUT2D eigenvalue weighted by Crippen LogP contribution is -2.41. The number of furan rings is 1. The molecule has 3 N–H and O–H groups in total. The quantitative estimate of drug-likeness (QED) is 0.687. The van der Waals surface area contributed by atoms with Crippen LogP contribution in [0.2, 0.25) is 0 Å². The van der Waals surface area contributed by atoms with Gasteiger partial charge in [0.15, 0.2) is 11.5 Å². The van der Waals surface area contributed by atoms with Crippen molar-refractivity contribution in [1.29, 1.82) is 0 Å². The first kappa shape index (κ1) is 15.9. The Kier molecular flexibility index (Phi) is 4.66.